The van der Waals surface area contributed by atoms with Gasteiger partial charge in [-0.1, -0.05) is 66.7 Å². The maximum atomic E-state index is 13.8. The Morgan fingerprint density at radius 1 is 0.967 bits per heavy atom. The van der Waals surface area contributed by atoms with Crippen LogP contribution in [0.3, 0.4) is 0 Å². The van der Waals surface area contributed by atoms with Gasteiger partial charge in [-0.2, -0.15) is 10.5 Å². The van der Waals surface area contributed by atoms with Crippen LogP contribution in [0.15, 0.2) is 78.2 Å². The maximum Gasteiger partial charge on any atom is 0.195 e. The van der Waals surface area contributed by atoms with Gasteiger partial charge in [0.15, 0.2) is 11.2 Å². The van der Waals surface area contributed by atoms with E-state index in [0.717, 1.165) is 16.8 Å². The van der Waals surface area contributed by atoms with Crippen LogP contribution in [0.5, 0.6) is 0 Å². The van der Waals surface area contributed by atoms with Crippen LogP contribution in [0.2, 0.25) is 0 Å². The molecule has 0 amide bonds. The van der Waals surface area contributed by atoms with Crippen molar-refractivity contribution in [3.8, 4) is 12.1 Å². The van der Waals surface area contributed by atoms with Crippen LogP contribution in [0.1, 0.15) is 26.7 Å². The van der Waals surface area contributed by atoms with Gasteiger partial charge in [-0.05, 0) is 28.6 Å². The zero-order valence-electron chi connectivity index (χ0n) is 16.0. The quantitative estimate of drug-likeness (QED) is 0.571. The molecule has 4 nitrogen and oxygen atoms in total. The van der Waals surface area contributed by atoms with E-state index in [1.807, 2.05) is 89.2 Å². The van der Waals surface area contributed by atoms with Crippen LogP contribution in [0, 0.1) is 28.1 Å². The Kier molecular flexibility index (Phi) is 4.28. The molecule has 0 bridgehead atoms. The molecule has 144 valence electrons. The molecule has 0 radical (unpaired) electrons. The topological polar surface area (TPSA) is 67.9 Å². The highest BCUT2D eigenvalue weighted by Gasteiger charge is 2.63. The van der Waals surface area contributed by atoms with Crippen molar-refractivity contribution in [2.24, 2.45) is 5.41 Å². The third kappa shape index (κ3) is 2.46. The molecule has 3 heterocycles. The van der Waals surface area contributed by atoms with E-state index in [1.165, 1.54) is 11.3 Å². The molecule has 1 aromatic heterocycles. The number of carbonyl (C=O) groups excluding carboxylic acids is 1. The van der Waals surface area contributed by atoms with E-state index in [2.05, 4.69) is 12.1 Å². The lowest BCUT2D eigenvalue weighted by Crippen LogP contribution is -2.44. The summed E-state index contributed by atoms with van der Waals surface area (Å²) in [6.07, 6.45) is 3.87. The average Bonchev–Trinajstić information content (AvgIpc) is 3.44. The molecule has 2 aliphatic heterocycles. The fourth-order valence-corrected chi connectivity index (χ4v) is 5.53. The lowest BCUT2D eigenvalue weighted by Gasteiger charge is -2.35. The molecule has 5 rings (SSSR count). The third-order valence-corrected chi connectivity index (χ3v) is 6.99. The van der Waals surface area contributed by atoms with Gasteiger partial charge in [0.25, 0.3) is 0 Å². The van der Waals surface area contributed by atoms with Crippen molar-refractivity contribution < 1.29 is 4.79 Å². The first kappa shape index (κ1) is 18.4. The largest absolute Gasteiger partial charge is 0.351 e. The minimum absolute atomic E-state index is 0.0543. The van der Waals surface area contributed by atoms with E-state index in [9.17, 15) is 15.3 Å². The lowest BCUT2D eigenvalue weighted by molar-refractivity contribution is 0.0955. The van der Waals surface area contributed by atoms with Crippen molar-refractivity contribution in [2.45, 2.75) is 18.0 Å². The fourth-order valence-electron chi connectivity index (χ4n) is 4.83. The number of fused-ring (bicyclic) bond motifs is 3. The monoisotopic (exact) mass is 407 g/mol. The normalized spacial score (nSPS) is 23.1. The summed E-state index contributed by atoms with van der Waals surface area (Å²) in [5.74, 6) is -0.634. The van der Waals surface area contributed by atoms with Crippen LogP contribution in [0.4, 0.5) is 5.69 Å². The first-order valence-electron chi connectivity index (χ1n) is 9.72. The number of rotatable bonds is 3. The predicted octanol–water partition coefficient (Wildman–Crippen LogP) is 5.03. The molecule has 1 saturated heterocycles. The molecule has 2 aromatic carbocycles. The summed E-state index contributed by atoms with van der Waals surface area (Å²) >= 11 is 1.39. The predicted molar refractivity (Wildman–Crippen MR) is 117 cm³/mol. The van der Waals surface area contributed by atoms with Crippen molar-refractivity contribution in [3.05, 3.63) is 94.2 Å². The van der Waals surface area contributed by atoms with Gasteiger partial charge in [0.1, 0.15) is 6.04 Å². The molecule has 0 spiro atoms. The van der Waals surface area contributed by atoms with Crippen molar-refractivity contribution in [1.82, 2.24) is 0 Å². The first-order valence-corrected chi connectivity index (χ1v) is 10.6. The Morgan fingerprint density at radius 3 is 2.40 bits per heavy atom. The standard InChI is InChI=1S/C25H17N3OS/c26-15-25(16-27)21-13-12-17-7-4-5-10-19(17)28(21)23(24(29)20-11-6-14-30-20)22(25)18-8-2-1-3-9-18/h1-14,21-23H/t21-,22-,23-/m0/s1. The lowest BCUT2D eigenvalue weighted by atomic mass is 9.69. The minimum Gasteiger partial charge on any atom is -0.351 e. The van der Waals surface area contributed by atoms with Crippen LogP contribution in [0.25, 0.3) is 6.08 Å². The number of nitrogens with zero attached hydrogens (tertiary/aromatic N) is 3. The molecular formula is C25H17N3OS. The van der Waals surface area contributed by atoms with Gasteiger partial charge in [-0.25, -0.2) is 0 Å². The highest BCUT2D eigenvalue weighted by Crippen LogP contribution is 2.55. The van der Waals surface area contributed by atoms with Gasteiger partial charge >= 0.3 is 0 Å². The van der Waals surface area contributed by atoms with E-state index in [4.69, 9.17) is 0 Å². The Labute approximate surface area is 178 Å². The van der Waals surface area contributed by atoms with Crippen LogP contribution in [-0.4, -0.2) is 17.9 Å². The van der Waals surface area contributed by atoms with E-state index in [1.54, 1.807) is 0 Å². The van der Waals surface area contributed by atoms with E-state index in [0.29, 0.717) is 4.88 Å². The molecule has 0 saturated carbocycles. The zero-order chi connectivity index (χ0) is 20.7. The smallest absolute Gasteiger partial charge is 0.195 e. The number of carbonyl (C=O) groups is 1. The van der Waals surface area contributed by atoms with Crippen molar-refractivity contribution in [3.63, 3.8) is 0 Å². The Balaban J connectivity index is 1.80. The van der Waals surface area contributed by atoms with E-state index >= 15 is 0 Å². The van der Waals surface area contributed by atoms with Crippen LogP contribution < -0.4 is 4.90 Å². The molecule has 3 atom stereocenters. The first-order chi connectivity index (χ1) is 14.7. The Bertz CT molecular complexity index is 1200. The van der Waals surface area contributed by atoms with Crippen LogP contribution in [-0.2, 0) is 0 Å². The second-order valence-corrected chi connectivity index (χ2v) is 8.49. The summed E-state index contributed by atoms with van der Waals surface area (Å²) in [5.41, 5.74) is 1.31. The van der Waals surface area contributed by atoms with Gasteiger partial charge in [-0.3, -0.25) is 4.79 Å². The fraction of sp³-hybridized carbons (Fsp3) is 0.160. The summed E-state index contributed by atoms with van der Waals surface area (Å²) in [4.78, 5) is 16.4. The Morgan fingerprint density at radius 2 is 1.70 bits per heavy atom. The molecule has 30 heavy (non-hydrogen) atoms. The molecular weight excluding hydrogens is 390 g/mol. The number of thiophene rings is 1. The minimum atomic E-state index is -1.39. The summed E-state index contributed by atoms with van der Waals surface area (Å²) in [6, 6.07) is 24.5. The van der Waals surface area contributed by atoms with Gasteiger partial charge in [0.05, 0.1) is 23.1 Å². The molecule has 0 unspecified atom stereocenters. The summed E-state index contributed by atoms with van der Waals surface area (Å²) < 4.78 is 0. The molecule has 3 aromatic rings. The van der Waals surface area contributed by atoms with Crippen molar-refractivity contribution >= 4 is 28.9 Å². The number of nitriles is 2. The second kappa shape index (κ2) is 6.99. The molecule has 1 fully saturated rings. The number of hydrogen-bond donors (Lipinski definition) is 0. The number of Topliss-reactive ketones (excluding diaryl/α,β-unsaturated/α-hetero) is 1. The molecule has 0 N–H and O–H groups in total. The average molecular weight is 407 g/mol. The Hall–Kier alpha value is -3.67. The summed E-state index contributed by atoms with van der Waals surface area (Å²) in [7, 11) is 0. The van der Waals surface area contributed by atoms with E-state index < -0.39 is 23.4 Å². The highest BCUT2D eigenvalue weighted by atomic mass is 32.1. The molecule has 0 aliphatic carbocycles. The number of anilines is 1. The number of ketones is 1. The molecule has 2 aliphatic rings. The zero-order valence-corrected chi connectivity index (χ0v) is 16.8. The van der Waals surface area contributed by atoms with Gasteiger partial charge in [0.2, 0.25) is 0 Å². The molecule has 5 heteroatoms. The van der Waals surface area contributed by atoms with Crippen molar-refractivity contribution in [2.75, 3.05) is 4.90 Å². The van der Waals surface area contributed by atoms with Crippen molar-refractivity contribution in [1.29, 1.82) is 10.5 Å². The highest BCUT2D eigenvalue weighted by molar-refractivity contribution is 7.12. The second-order valence-electron chi connectivity index (χ2n) is 7.54. The summed E-state index contributed by atoms with van der Waals surface area (Å²) in [6.45, 7) is 0. The maximum absolute atomic E-state index is 13.8. The summed E-state index contributed by atoms with van der Waals surface area (Å²) in [5, 5.41) is 22.5. The SMILES string of the molecule is N#CC1(C#N)[C@@H]2C=Cc3ccccc3N2[C@H](C(=O)c2cccs2)[C@@H]1c1ccccc1. The van der Waals surface area contributed by atoms with Gasteiger partial charge < -0.3 is 4.90 Å². The number of para-hydroxylation sites is 1. The number of hydrogen-bond acceptors (Lipinski definition) is 5. The van der Waals surface area contributed by atoms with Gasteiger partial charge in [0, 0.05) is 11.6 Å². The third-order valence-electron chi connectivity index (χ3n) is 6.11. The van der Waals surface area contributed by atoms with Gasteiger partial charge in [-0.15, -0.1) is 11.3 Å². The number of benzene rings is 2. The van der Waals surface area contributed by atoms with Crippen LogP contribution >= 0.6 is 11.3 Å². The van der Waals surface area contributed by atoms with E-state index in [-0.39, 0.29) is 5.78 Å².